The van der Waals surface area contributed by atoms with Gasteiger partial charge in [-0.2, -0.15) is 5.10 Å². The maximum absolute atomic E-state index is 12.9. The van der Waals surface area contributed by atoms with Crippen LogP contribution in [0.1, 0.15) is 10.5 Å². The molecule has 0 radical (unpaired) electrons. The average Bonchev–Trinajstić information content (AvgIpc) is 3.15. The molecule has 1 fully saturated rings. The summed E-state index contributed by atoms with van der Waals surface area (Å²) in [6.45, 7) is 0.385. The van der Waals surface area contributed by atoms with E-state index in [1.807, 2.05) is 36.4 Å². The minimum absolute atomic E-state index is 0.0107. The minimum atomic E-state index is -3.06. The highest BCUT2D eigenvalue weighted by atomic mass is 32.2. The van der Waals surface area contributed by atoms with Crippen molar-refractivity contribution in [1.29, 1.82) is 0 Å². The van der Waals surface area contributed by atoms with E-state index in [0.717, 1.165) is 22.1 Å². The number of hydrogen-bond acceptors (Lipinski definition) is 7. The number of benzene rings is 1. The Morgan fingerprint density at radius 2 is 1.90 bits per heavy atom. The van der Waals surface area contributed by atoms with Crippen molar-refractivity contribution in [3.05, 3.63) is 54.5 Å². The SMILES string of the molecule is O=C(c1nccc2cc(Nc3n[nH]c4cccnc34)ccc12)N1CCS(=O)(=O)CC1. The van der Waals surface area contributed by atoms with Gasteiger partial charge in [-0.25, -0.2) is 8.42 Å². The zero-order chi connectivity index (χ0) is 20.7. The second-order valence-electron chi connectivity index (χ2n) is 7.14. The molecule has 3 aromatic heterocycles. The molecule has 0 saturated carbocycles. The van der Waals surface area contributed by atoms with Gasteiger partial charge in [-0.05, 0) is 41.8 Å². The zero-order valence-corrected chi connectivity index (χ0v) is 16.7. The molecule has 4 aromatic rings. The molecule has 0 spiro atoms. The number of carbonyl (C=O) groups is 1. The molecule has 5 rings (SSSR count). The standard InChI is InChI=1S/C20H18N6O3S/c27-20(26-8-10-30(28,29)11-9-26)17-15-4-3-14(12-13(15)5-7-22-17)23-19-18-16(24-25-19)2-1-6-21-18/h1-7,12H,8-11H2,(H2,23,24,25). The normalized spacial score (nSPS) is 16.1. The summed E-state index contributed by atoms with van der Waals surface area (Å²) in [5.74, 6) is 0.343. The van der Waals surface area contributed by atoms with E-state index < -0.39 is 9.84 Å². The van der Waals surface area contributed by atoms with Gasteiger partial charge in [0, 0.05) is 36.6 Å². The Morgan fingerprint density at radius 1 is 1.07 bits per heavy atom. The number of anilines is 2. The van der Waals surface area contributed by atoms with E-state index in [1.54, 1.807) is 17.3 Å². The van der Waals surface area contributed by atoms with Crippen LogP contribution in [0.2, 0.25) is 0 Å². The predicted molar refractivity (Wildman–Crippen MR) is 113 cm³/mol. The number of amides is 1. The van der Waals surface area contributed by atoms with Crippen LogP contribution in [0.4, 0.5) is 11.5 Å². The third-order valence-electron chi connectivity index (χ3n) is 5.18. The lowest BCUT2D eigenvalue weighted by Crippen LogP contribution is -2.44. The third-order valence-corrected chi connectivity index (χ3v) is 6.79. The van der Waals surface area contributed by atoms with Crippen LogP contribution in [0.25, 0.3) is 21.8 Å². The molecular formula is C20H18N6O3S. The molecule has 0 atom stereocenters. The van der Waals surface area contributed by atoms with Crippen LogP contribution in [-0.4, -0.2) is 64.0 Å². The molecule has 2 N–H and O–H groups in total. The van der Waals surface area contributed by atoms with Crippen molar-refractivity contribution in [2.45, 2.75) is 0 Å². The fourth-order valence-electron chi connectivity index (χ4n) is 3.57. The molecule has 1 aliphatic heterocycles. The average molecular weight is 422 g/mol. The molecule has 1 amide bonds. The van der Waals surface area contributed by atoms with E-state index in [9.17, 15) is 13.2 Å². The summed E-state index contributed by atoms with van der Waals surface area (Å²) >= 11 is 0. The number of aromatic amines is 1. The maximum Gasteiger partial charge on any atom is 0.273 e. The Labute approximate surface area is 172 Å². The van der Waals surface area contributed by atoms with Crippen LogP contribution in [-0.2, 0) is 9.84 Å². The highest BCUT2D eigenvalue weighted by Gasteiger charge is 2.27. The zero-order valence-electron chi connectivity index (χ0n) is 15.9. The van der Waals surface area contributed by atoms with Crippen LogP contribution in [0.3, 0.4) is 0 Å². The van der Waals surface area contributed by atoms with Crippen molar-refractivity contribution < 1.29 is 13.2 Å². The first-order valence-electron chi connectivity index (χ1n) is 9.45. The summed E-state index contributed by atoms with van der Waals surface area (Å²) in [5.41, 5.74) is 2.70. The molecule has 4 heterocycles. The Kier molecular flexibility index (Phi) is 4.35. The molecule has 1 aliphatic rings. The maximum atomic E-state index is 12.9. The van der Waals surface area contributed by atoms with Gasteiger partial charge in [-0.15, -0.1) is 0 Å². The third kappa shape index (κ3) is 3.35. The lowest BCUT2D eigenvalue weighted by Gasteiger charge is -2.26. The van der Waals surface area contributed by atoms with Crippen LogP contribution >= 0.6 is 0 Å². The Bertz CT molecular complexity index is 1370. The van der Waals surface area contributed by atoms with E-state index in [4.69, 9.17) is 0 Å². The molecule has 1 saturated heterocycles. The molecule has 9 nitrogen and oxygen atoms in total. The monoisotopic (exact) mass is 422 g/mol. The fraction of sp³-hybridized carbons (Fsp3) is 0.200. The number of carbonyl (C=O) groups excluding carboxylic acids is 1. The first kappa shape index (κ1) is 18.5. The molecule has 30 heavy (non-hydrogen) atoms. The Balaban J connectivity index is 1.44. The summed E-state index contributed by atoms with van der Waals surface area (Å²) in [7, 11) is -3.06. The minimum Gasteiger partial charge on any atom is -0.337 e. The molecule has 10 heteroatoms. The van der Waals surface area contributed by atoms with Crippen molar-refractivity contribution in [3.63, 3.8) is 0 Å². The number of H-pyrrole nitrogens is 1. The number of sulfone groups is 1. The van der Waals surface area contributed by atoms with Gasteiger partial charge in [0.1, 0.15) is 11.2 Å². The smallest absolute Gasteiger partial charge is 0.273 e. The highest BCUT2D eigenvalue weighted by Crippen LogP contribution is 2.26. The highest BCUT2D eigenvalue weighted by molar-refractivity contribution is 7.91. The van der Waals surface area contributed by atoms with Crippen LogP contribution in [0, 0.1) is 0 Å². The Morgan fingerprint density at radius 3 is 2.73 bits per heavy atom. The Hall–Kier alpha value is -3.53. The molecule has 1 aromatic carbocycles. The summed E-state index contributed by atoms with van der Waals surface area (Å²) < 4.78 is 23.3. The van der Waals surface area contributed by atoms with Gasteiger partial charge in [-0.3, -0.25) is 19.9 Å². The van der Waals surface area contributed by atoms with E-state index in [1.165, 1.54) is 0 Å². The molecular weight excluding hydrogens is 404 g/mol. The summed E-state index contributed by atoms with van der Waals surface area (Å²) in [6.07, 6.45) is 3.30. The van der Waals surface area contributed by atoms with Crippen LogP contribution in [0.5, 0.6) is 0 Å². The van der Waals surface area contributed by atoms with Gasteiger partial charge in [0.15, 0.2) is 15.7 Å². The first-order valence-corrected chi connectivity index (χ1v) is 11.3. The largest absolute Gasteiger partial charge is 0.337 e. The number of pyridine rings is 2. The van der Waals surface area contributed by atoms with Crippen molar-refractivity contribution in [3.8, 4) is 0 Å². The number of fused-ring (bicyclic) bond motifs is 2. The van der Waals surface area contributed by atoms with Crippen molar-refractivity contribution in [1.82, 2.24) is 25.1 Å². The van der Waals surface area contributed by atoms with Gasteiger partial charge in [0.2, 0.25) is 0 Å². The van der Waals surface area contributed by atoms with Crippen LogP contribution < -0.4 is 5.32 Å². The predicted octanol–water partition coefficient (Wildman–Crippen LogP) is 2.12. The van der Waals surface area contributed by atoms with Crippen molar-refractivity contribution >= 4 is 49.1 Å². The molecule has 0 unspecified atom stereocenters. The lowest BCUT2D eigenvalue weighted by molar-refractivity contribution is 0.0766. The molecule has 0 bridgehead atoms. The van der Waals surface area contributed by atoms with Gasteiger partial charge >= 0.3 is 0 Å². The van der Waals surface area contributed by atoms with E-state index in [-0.39, 0.29) is 30.5 Å². The van der Waals surface area contributed by atoms with Gasteiger partial charge in [0.05, 0.1) is 17.0 Å². The van der Waals surface area contributed by atoms with Gasteiger partial charge < -0.3 is 10.2 Å². The second kappa shape index (κ2) is 7.06. The number of rotatable bonds is 3. The van der Waals surface area contributed by atoms with Gasteiger partial charge in [0.25, 0.3) is 5.91 Å². The number of nitrogens with one attached hydrogen (secondary N) is 2. The summed E-state index contributed by atoms with van der Waals surface area (Å²) in [5, 5.41) is 12.0. The molecule has 152 valence electrons. The fourth-order valence-corrected chi connectivity index (χ4v) is 4.77. The topological polar surface area (TPSA) is 121 Å². The van der Waals surface area contributed by atoms with Crippen molar-refractivity contribution in [2.24, 2.45) is 0 Å². The van der Waals surface area contributed by atoms with Crippen molar-refractivity contribution in [2.75, 3.05) is 29.9 Å². The van der Waals surface area contributed by atoms with Gasteiger partial charge in [-0.1, -0.05) is 0 Å². The summed E-state index contributed by atoms with van der Waals surface area (Å²) in [4.78, 5) is 23.1. The molecule has 0 aliphatic carbocycles. The first-order chi connectivity index (χ1) is 14.5. The van der Waals surface area contributed by atoms with E-state index >= 15 is 0 Å². The number of aromatic nitrogens is 4. The lowest BCUT2D eigenvalue weighted by atomic mass is 10.1. The number of hydrogen-bond donors (Lipinski definition) is 2. The van der Waals surface area contributed by atoms with E-state index in [2.05, 4.69) is 25.5 Å². The van der Waals surface area contributed by atoms with Crippen LogP contribution in [0.15, 0.2) is 48.8 Å². The summed E-state index contributed by atoms with van der Waals surface area (Å²) in [6, 6.07) is 11.2. The second-order valence-corrected chi connectivity index (χ2v) is 9.44. The quantitative estimate of drug-likeness (QED) is 0.519. The number of nitrogens with zero attached hydrogens (tertiary/aromatic N) is 4. The van der Waals surface area contributed by atoms with E-state index in [0.29, 0.717) is 16.9 Å².